The summed E-state index contributed by atoms with van der Waals surface area (Å²) < 4.78 is 30.8. The number of hydrogen-bond donors (Lipinski definition) is 1. The molecule has 0 radical (unpaired) electrons. The number of hydrogen-bond acceptors (Lipinski definition) is 5. The van der Waals surface area contributed by atoms with Crippen LogP contribution in [0.15, 0.2) is 0 Å². The van der Waals surface area contributed by atoms with Gasteiger partial charge in [0.1, 0.15) is 6.10 Å². The molecule has 0 saturated carbocycles. The zero-order valence-corrected chi connectivity index (χ0v) is 18.4. The molecule has 1 atom stereocenters. The van der Waals surface area contributed by atoms with Gasteiger partial charge in [-0.05, 0) is 53.9 Å². The highest BCUT2D eigenvalue weighted by atomic mass is 32.2. The molecule has 1 N–H and O–H groups in total. The van der Waals surface area contributed by atoms with Gasteiger partial charge >= 0.3 is 5.97 Å². The summed E-state index contributed by atoms with van der Waals surface area (Å²) in [6.45, 7) is 18.5. The second kappa shape index (κ2) is 6.52. The first-order valence-electron chi connectivity index (χ1n) is 9.02. The second-order valence-electron chi connectivity index (χ2n) is 10.8. The monoisotopic (exact) mass is 375 g/mol. The van der Waals surface area contributed by atoms with Crippen molar-refractivity contribution in [1.82, 2.24) is 5.32 Å². The summed E-state index contributed by atoms with van der Waals surface area (Å²) in [5.74, 6) is -0.624. The number of nitrogens with one attached hydrogen (secondary N) is 1. The van der Waals surface area contributed by atoms with Gasteiger partial charge in [-0.25, -0.2) is 8.42 Å². The predicted octanol–water partition coefficient (Wildman–Crippen LogP) is 3.47. The fourth-order valence-corrected chi connectivity index (χ4v) is 5.78. The molecule has 148 valence electrons. The first kappa shape index (κ1) is 22.4. The maximum atomic E-state index is 13.0. The number of ether oxygens (including phenoxy) is 1. The molecule has 0 amide bonds. The minimum Gasteiger partial charge on any atom is -0.461 e. The molecule has 5 nitrogen and oxygen atoms in total. The van der Waals surface area contributed by atoms with Crippen LogP contribution in [0.1, 0.15) is 82.1 Å². The molecule has 0 aromatic heterocycles. The van der Waals surface area contributed by atoms with E-state index in [1.165, 1.54) is 0 Å². The second-order valence-corrected chi connectivity index (χ2v) is 13.5. The highest BCUT2D eigenvalue weighted by molar-refractivity contribution is 7.94. The van der Waals surface area contributed by atoms with Gasteiger partial charge in [-0.15, -0.1) is 0 Å². The summed E-state index contributed by atoms with van der Waals surface area (Å²) in [7, 11) is -3.69. The highest BCUT2D eigenvalue weighted by Gasteiger charge is 2.50. The Labute approximate surface area is 154 Å². The first-order chi connectivity index (χ1) is 10.8. The van der Waals surface area contributed by atoms with Crippen LogP contribution < -0.4 is 5.32 Å². The normalized spacial score (nSPS) is 23.1. The molecular formula is C19H37NO4S. The largest absolute Gasteiger partial charge is 0.461 e. The van der Waals surface area contributed by atoms with Crippen molar-refractivity contribution in [2.75, 3.05) is 0 Å². The molecule has 0 aromatic carbocycles. The lowest BCUT2D eigenvalue weighted by Crippen LogP contribution is -2.60. The van der Waals surface area contributed by atoms with Gasteiger partial charge in [-0.3, -0.25) is 4.79 Å². The molecule has 0 aliphatic carbocycles. The number of sulfone groups is 1. The quantitative estimate of drug-likeness (QED) is 0.765. The molecule has 1 unspecified atom stereocenters. The van der Waals surface area contributed by atoms with E-state index in [2.05, 4.69) is 33.0 Å². The minimum atomic E-state index is -3.69. The van der Waals surface area contributed by atoms with Crippen molar-refractivity contribution >= 4 is 15.8 Å². The summed E-state index contributed by atoms with van der Waals surface area (Å²) >= 11 is 0. The molecule has 1 rings (SSSR count). The Morgan fingerprint density at radius 3 is 1.72 bits per heavy atom. The van der Waals surface area contributed by atoms with Crippen LogP contribution in [0.25, 0.3) is 0 Å². The van der Waals surface area contributed by atoms with Gasteiger partial charge in [0.25, 0.3) is 0 Å². The standard InChI is InChI=1S/C19H37NO4S/c1-16(2,3)14(25(22,23)17(4,5)6)15(21)24-13-11-18(7,8)20-19(9,10)12-13/h13-14,20H,11-12H2,1-10H3. The zero-order valence-electron chi connectivity index (χ0n) is 17.6. The molecule has 1 saturated heterocycles. The first-order valence-corrected chi connectivity index (χ1v) is 10.6. The molecule has 0 spiro atoms. The smallest absolute Gasteiger partial charge is 0.325 e. The molecular weight excluding hydrogens is 338 g/mol. The van der Waals surface area contributed by atoms with Gasteiger partial charge in [0, 0.05) is 23.9 Å². The summed E-state index contributed by atoms with van der Waals surface area (Å²) in [5, 5.41) is 2.36. The van der Waals surface area contributed by atoms with Gasteiger partial charge in [-0.2, -0.15) is 0 Å². The Morgan fingerprint density at radius 2 is 1.40 bits per heavy atom. The van der Waals surface area contributed by atoms with Crippen LogP contribution in [0.4, 0.5) is 0 Å². The van der Waals surface area contributed by atoms with E-state index in [-0.39, 0.29) is 17.2 Å². The van der Waals surface area contributed by atoms with Crippen molar-refractivity contribution in [2.24, 2.45) is 5.41 Å². The molecule has 25 heavy (non-hydrogen) atoms. The van der Waals surface area contributed by atoms with Crippen molar-refractivity contribution < 1.29 is 17.9 Å². The van der Waals surface area contributed by atoms with Crippen LogP contribution in [0.3, 0.4) is 0 Å². The summed E-state index contributed by atoms with van der Waals surface area (Å²) in [5.41, 5.74) is -1.08. The average molecular weight is 376 g/mol. The molecule has 1 aliphatic rings. The van der Waals surface area contributed by atoms with Crippen LogP contribution in [0.5, 0.6) is 0 Å². The average Bonchev–Trinajstić information content (AvgIpc) is 2.18. The summed E-state index contributed by atoms with van der Waals surface area (Å²) in [6.07, 6.45) is 1.03. The van der Waals surface area contributed by atoms with Gasteiger partial charge in [0.2, 0.25) is 0 Å². The maximum absolute atomic E-state index is 13.0. The predicted molar refractivity (Wildman–Crippen MR) is 102 cm³/mol. The SMILES string of the molecule is CC1(C)CC(OC(=O)C(C(C)(C)C)S(=O)(=O)C(C)(C)C)CC(C)(C)N1. The van der Waals surface area contributed by atoms with E-state index >= 15 is 0 Å². The number of esters is 1. The van der Waals surface area contributed by atoms with E-state index < -0.39 is 31.2 Å². The lowest BCUT2D eigenvalue weighted by atomic mass is 9.81. The van der Waals surface area contributed by atoms with E-state index in [1.807, 2.05) is 0 Å². The fourth-order valence-electron chi connectivity index (χ4n) is 3.84. The Kier molecular flexibility index (Phi) is 5.85. The molecule has 0 bridgehead atoms. The van der Waals surface area contributed by atoms with Crippen LogP contribution in [0, 0.1) is 5.41 Å². The third kappa shape index (κ3) is 5.43. The van der Waals surface area contributed by atoms with Crippen molar-refractivity contribution in [3.8, 4) is 0 Å². The van der Waals surface area contributed by atoms with E-state index in [1.54, 1.807) is 41.5 Å². The minimum absolute atomic E-state index is 0.174. The summed E-state index contributed by atoms with van der Waals surface area (Å²) in [4.78, 5) is 13.0. The number of carbonyl (C=O) groups is 1. The number of carbonyl (C=O) groups excluding carboxylic acids is 1. The van der Waals surface area contributed by atoms with Gasteiger partial charge in [0.15, 0.2) is 15.1 Å². The number of piperidine rings is 1. The Hall–Kier alpha value is -0.620. The van der Waals surface area contributed by atoms with Crippen molar-refractivity contribution in [1.29, 1.82) is 0 Å². The van der Waals surface area contributed by atoms with Crippen molar-refractivity contribution in [2.45, 2.75) is 109 Å². The van der Waals surface area contributed by atoms with Gasteiger partial charge in [-0.1, -0.05) is 20.8 Å². The Bertz CT molecular complexity index is 590. The zero-order chi connectivity index (χ0) is 20.1. The van der Waals surface area contributed by atoms with Crippen molar-refractivity contribution in [3.05, 3.63) is 0 Å². The maximum Gasteiger partial charge on any atom is 0.325 e. The van der Waals surface area contributed by atoms with Crippen LogP contribution >= 0.6 is 0 Å². The number of rotatable bonds is 3. The molecule has 0 aromatic rings. The van der Waals surface area contributed by atoms with Crippen molar-refractivity contribution in [3.63, 3.8) is 0 Å². The third-order valence-corrected chi connectivity index (χ3v) is 7.83. The van der Waals surface area contributed by atoms with E-state index in [4.69, 9.17) is 4.74 Å². The van der Waals surface area contributed by atoms with E-state index in [0.29, 0.717) is 12.8 Å². The highest BCUT2D eigenvalue weighted by Crippen LogP contribution is 2.36. The lowest BCUT2D eigenvalue weighted by Gasteiger charge is -2.46. The molecule has 1 heterocycles. The van der Waals surface area contributed by atoms with E-state index in [0.717, 1.165) is 0 Å². The fraction of sp³-hybridized carbons (Fsp3) is 0.947. The molecule has 1 aliphatic heterocycles. The van der Waals surface area contributed by atoms with Crippen LogP contribution in [-0.2, 0) is 19.4 Å². The Balaban J connectivity index is 3.13. The topological polar surface area (TPSA) is 72.5 Å². The van der Waals surface area contributed by atoms with Crippen LogP contribution in [-0.4, -0.2) is 41.6 Å². The van der Waals surface area contributed by atoms with Crippen LogP contribution in [0.2, 0.25) is 0 Å². The molecule has 1 fully saturated rings. The van der Waals surface area contributed by atoms with Gasteiger partial charge < -0.3 is 10.1 Å². The lowest BCUT2D eigenvalue weighted by molar-refractivity contribution is -0.154. The third-order valence-electron chi connectivity index (χ3n) is 4.60. The Morgan fingerprint density at radius 1 is 1.00 bits per heavy atom. The summed E-state index contributed by atoms with van der Waals surface area (Å²) in [6, 6.07) is 0. The molecule has 6 heteroatoms. The van der Waals surface area contributed by atoms with Gasteiger partial charge in [0.05, 0.1) is 4.75 Å². The van der Waals surface area contributed by atoms with E-state index in [9.17, 15) is 13.2 Å².